The zero-order chi connectivity index (χ0) is 23.7. The van der Waals surface area contributed by atoms with Gasteiger partial charge in [0.25, 0.3) is 0 Å². The quantitative estimate of drug-likeness (QED) is 0.377. The summed E-state index contributed by atoms with van der Waals surface area (Å²) in [6.07, 6.45) is 5.04. The molecule has 0 spiro atoms. The third-order valence-electron chi connectivity index (χ3n) is 6.21. The number of carbonyl (C=O) groups is 1. The molecule has 5 rings (SSSR count). The van der Waals surface area contributed by atoms with Crippen molar-refractivity contribution < 1.29 is 4.79 Å². The number of fused-ring (bicyclic) bond motifs is 1. The minimum atomic E-state index is -0.296. The first-order valence-electron chi connectivity index (χ1n) is 11.1. The van der Waals surface area contributed by atoms with Crippen molar-refractivity contribution in [2.24, 2.45) is 11.0 Å². The molecule has 172 valence electrons. The van der Waals surface area contributed by atoms with E-state index in [2.05, 4.69) is 11.4 Å². The van der Waals surface area contributed by atoms with E-state index in [1.54, 1.807) is 23.2 Å². The highest BCUT2D eigenvalue weighted by Gasteiger charge is 2.43. The Morgan fingerprint density at radius 3 is 2.35 bits per heavy atom. The van der Waals surface area contributed by atoms with Gasteiger partial charge in [-0.2, -0.15) is 5.10 Å². The third kappa shape index (κ3) is 4.85. The first kappa shape index (κ1) is 23.0. The molecule has 1 saturated carbocycles. The fraction of sp³-hybridized carbons (Fsp3) is 0.185. The minimum Gasteiger partial charge on any atom is -0.306 e. The maximum absolute atomic E-state index is 13.4. The number of carbonyl (C=O) groups excluding carboxylic acids is 1. The van der Waals surface area contributed by atoms with Crippen LogP contribution in [0.25, 0.3) is 6.08 Å². The molecule has 1 aliphatic heterocycles. The van der Waals surface area contributed by atoms with Crippen LogP contribution < -0.4 is 5.32 Å². The third-order valence-corrected chi connectivity index (χ3v) is 6.95. The Bertz CT molecular complexity index is 1270. The Morgan fingerprint density at radius 1 is 0.941 bits per heavy atom. The summed E-state index contributed by atoms with van der Waals surface area (Å²) >= 11 is 18.3. The van der Waals surface area contributed by atoms with E-state index < -0.39 is 0 Å². The zero-order valence-corrected chi connectivity index (χ0v) is 20.5. The molecule has 34 heavy (non-hydrogen) atoms. The van der Waals surface area contributed by atoms with Crippen molar-refractivity contribution in [1.29, 1.82) is 0 Å². The van der Waals surface area contributed by atoms with Crippen LogP contribution in [0.5, 0.6) is 0 Å². The number of nitrogens with one attached hydrogen (secondary N) is 1. The van der Waals surface area contributed by atoms with Gasteiger partial charge in [-0.15, -0.1) is 0 Å². The molecule has 7 heteroatoms. The molecular weight excluding hydrogens is 489 g/mol. The molecule has 2 aliphatic rings. The summed E-state index contributed by atoms with van der Waals surface area (Å²) in [4.78, 5) is 13.4. The molecule has 1 N–H and O–H groups in total. The van der Waals surface area contributed by atoms with E-state index in [-0.39, 0.29) is 18.0 Å². The highest BCUT2D eigenvalue weighted by molar-refractivity contribution is 6.31. The van der Waals surface area contributed by atoms with Gasteiger partial charge in [-0.25, -0.2) is 9.80 Å². The monoisotopic (exact) mass is 509 g/mol. The number of anilines is 1. The van der Waals surface area contributed by atoms with Gasteiger partial charge in [0, 0.05) is 26.7 Å². The standard InChI is InChI=1S/C27H22Cl3N3O/c28-20-11-7-17(8-12-20)15-19-3-1-6-24-25(19)32-33(26(24)18-9-13-21(29)14-10-18)27(34)31-23-5-2-4-22(30)16-23/h2,4-5,7-16,24,26H,1,3,6H2,(H,31,34)/b19-15+/t24-,26+/m0/s1. The lowest BCUT2D eigenvalue weighted by Crippen LogP contribution is -2.34. The summed E-state index contributed by atoms with van der Waals surface area (Å²) < 4.78 is 0. The van der Waals surface area contributed by atoms with Crippen LogP contribution in [0.1, 0.15) is 36.4 Å². The number of hydrogen-bond acceptors (Lipinski definition) is 2. The van der Waals surface area contributed by atoms with Crippen LogP contribution in [0.3, 0.4) is 0 Å². The van der Waals surface area contributed by atoms with Gasteiger partial charge in [-0.3, -0.25) is 0 Å². The minimum absolute atomic E-state index is 0.0959. The molecule has 3 aromatic rings. The summed E-state index contributed by atoms with van der Waals surface area (Å²) in [7, 11) is 0. The summed E-state index contributed by atoms with van der Waals surface area (Å²) in [6, 6.07) is 22.0. The maximum Gasteiger partial charge on any atom is 0.342 e. The number of hydrogen-bond donors (Lipinski definition) is 1. The lowest BCUT2D eigenvalue weighted by atomic mass is 9.77. The van der Waals surface area contributed by atoms with Crippen LogP contribution >= 0.6 is 34.8 Å². The molecule has 0 saturated heterocycles. The first-order valence-corrected chi connectivity index (χ1v) is 12.3. The number of allylic oxidation sites excluding steroid dienone is 1. The fourth-order valence-corrected chi connectivity index (χ4v) is 5.11. The lowest BCUT2D eigenvalue weighted by molar-refractivity contribution is 0.188. The van der Waals surface area contributed by atoms with E-state index in [1.807, 2.05) is 54.6 Å². The summed E-state index contributed by atoms with van der Waals surface area (Å²) in [5.74, 6) is 0.0959. The van der Waals surface area contributed by atoms with E-state index in [4.69, 9.17) is 39.9 Å². The zero-order valence-electron chi connectivity index (χ0n) is 18.2. The van der Waals surface area contributed by atoms with Gasteiger partial charge in [-0.05, 0) is 84.5 Å². The van der Waals surface area contributed by atoms with Crippen LogP contribution in [0.15, 0.2) is 83.5 Å². The SMILES string of the molecule is O=C(Nc1cccc(Cl)c1)N1N=C2/C(=C/c3ccc(Cl)cc3)CCC[C@@H]2[C@H]1c1ccc(Cl)cc1. The molecule has 1 heterocycles. The van der Waals surface area contributed by atoms with Gasteiger partial charge in [0.2, 0.25) is 0 Å². The van der Waals surface area contributed by atoms with E-state index >= 15 is 0 Å². The molecule has 0 bridgehead atoms. The molecule has 3 aromatic carbocycles. The van der Waals surface area contributed by atoms with Crippen molar-refractivity contribution in [3.05, 3.63) is 105 Å². The molecule has 1 aliphatic carbocycles. The normalized spacial score (nSPS) is 20.7. The number of amides is 2. The number of hydrazone groups is 1. The predicted molar refractivity (Wildman–Crippen MR) is 141 cm³/mol. The number of urea groups is 1. The van der Waals surface area contributed by atoms with Crippen molar-refractivity contribution in [3.63, 3.8) is 0 Å². The molecule has 2 amide bonds. The highest BCUT2D eigenvalue weighted by atomic mass is 35.5. The van der Waals surface area contributed by atoms with Gasteiger partial charge in [0.05, 0.1) is 11.8 Å². The second-order valence-corrected chi connectivity index (χ2v) is 9.80. The largest absolute Gasteiger partial charge is 0.342 e. The predicted octanol–water partition coefficient (Wildman–Crippen LogP) is 8.48. The smallest absolute Gasteiger partial charge is 0.306 e. The molecule has 1 fully saturated rings. The van der Waals surface area contributed by atoms with Crippen LogP contribution in [0.2, 0.25) is 15.1 Å². The van der Waals surface area contributed by atoms with E-state index in [0.717, 1.165) is 41.7 Å². The van der Waals surface area contributed by atoms with Crippen molar-refractivity contribution in [2.75, 3.05) is 5.32 Å². The molecule has 0 unspecified atom stereocenters. The Morgan fingerprint density at radius 2 is 1.65 bits per heavy atom. The Balaban J connectivity index is 1.52. The van der Waals surface area contributed by atoms with Gasteiger partial charge < -0.3 is 5.32 Å². The Hall–Kier alpha value is -2.79. The van der Waals surface area contributed by atoms with Crippen LogP contribution in [0.4, 0.5) is 10.5 Å². The van der Waals surface area contributed by atoms with E-state index in [0.29, 0.717) is 20.8 Å². The van der Waals surface area contributed by atoms with Crippen molar-refractivity contribution in [2.45, 2.75) is 25.3 Å². The van der Waals surface area contributed by atoms with Gasteiger partial charge >= 0.3 is 6.03 Å². The first-order chi connectivity index (χ1) is 16.5. The molecule has 4 nitrogen and oxygen atoms in total. The number of halogens is 3. The van der Waals surface area contributed by atoms with Crippen LogP contribution in [0, 0.1) is 5.92 Å². The number of rotatable bonds is 3. The fourth-order valence-electron chi connectivity index (χ4n) is 4.67. The van der Waals surface area contributed by atoms with E-state index in [9.17, 15) is 4.79 Å². The lowest BCUT2D eigenvalue weighted by Gasteiger charge is -2.29. The summed E-state index contributed by atoms with van der Waals surface area (Å²) in [5, 5.41) is 11.3. The highest BCUT2D eigenvalue weighted by Crippen LogP contribution is 2.44. The summed E-state index contributed by atoms with van der Waals surface area (Å²) in [5.41, 5.74) is 4.80. The number of nitrogens with zero attached hydrogens (tertiary/aromatic N) is 2. The molecular formula is C27H22Cl3N3O. The van der Waals surface area contributed by atoms with Gasteiger partial charge in [0.15, 0.2) is 0 Å². The Labute approximate surface area is 213 Å². The molecule has 0 aromatic heterocycles. The van der Waals surface area contributed by atoms with Gasteiger partial charge in [-0.1, -0.05) is 65.1 Å². The van der Waals surface area contributed by atoms with Crippen molar-refractivity contribution >= 4 is 58.3 Å². The number of benzene rings is 3. The van der Waals surface area contributed by atoms with Crippen LogP contribution in [-0.4, -0.2) is 16.8 Å². The average Bonchev–Trinajstić information content (AvgIpc) is 3.22. The van der Waals surface area contributed by atoms with Gasteiger partial charge in [0.1, 0.15) is 0 Å². The second kappa shape index (κ2) is 9.83. The maximum atomic E-state index is 13.4. The van der Waals surface area contributed by atoms with Crippen molar-refractivity contribution in [1.82, 2.24) is 5.01 Å². The van der Waals surface area contributed by atoms with Crippen LogP contribution in [-0.2, 0) is 0 Å². The van der Waals surface area contributed by atoms with Crippen molar-refractivity contribution in [3.8, 4) is 0 Å². The summed E-state index contributed by atoms with van der Waals surface area (Å²) in [6.45, 7) is 0. The average molecular weight is 511 g/mol. The molecule has 2 atom stereocenters. The Kier molecular flexibility index (Phi) is 6.64. The molecule has 0 radical (unpaired) electrons. The topological polar surface area (TPSA) is 44.7 Å². The second-order valence-electron chi connectivity index (χ2n) is 8.49. The van der Waals surface area contributed by atoms with E-state index in [1.165, 1.54) is 0 Å².